The molecule has 0 radical (unpaired) electrons. The lowest BCUT2D eigenvalue weighted by Crippen LogP contribution is -2.54. The van der Waals surface area contributed by atoms with E-state index in [1.807, 2.05) is 29.2 Å². The quantitative estimate of drug-likeness (QED) is 0.0199. The summed E-state index contributed by atoms with van der Waals surface area (Å²) in [5.74, 6) is -10.9. The summed E-state index contributed by atoms with van der Waals surface area (Å²) >= 11 is 0. The molecule has 1 heterocycles. The number of ether oxygens (including phenoxy) is 13. The number of amides is 9. The van der Waals surface area contributed by atoms with Crippen molar-refractivity contribution in [3.05, 3.63) is 0 Å². The molecule has 0 spiro atoms. The van der Waals surface area contributed by atoms with Gasteiger partial charge in [0.25, 0.3) is 0 Å². The topological polar surface area (TPSA) is 487 Å². The van der Waals surface area contributed by atoms with Gasteiger partial charge in [0.1, 0.15) is 45.9 Å². The van der Waals surface area contributed by atoms with E-state index in [0.717, 1.165) is 0 Å². The molecule has 0 aromatic rings. The molecule has 0 bridgehead atoms. The van der Waals surface area contributed by atoms with Gasteiger partial charge in [0.05, 0.1) is 224 Å². The van der Waals surface area contributed by atoms with Crippen LogP contribution in [0.5, 0.6) is 0 Å². The van der Waals surface area contributed by atoms with Crippen LogP contribution < -0.4 is 31.9 Å². The Bertz CT molecular complexity index is 2480. The minimum Gasteiger partial charge on any atom is -0.480 e. The van der Waals surface area contributed by atoms with Crippen LogP contribution in [-0.4, -0.2) is 488 Å². The van der Waals surface area contributed by atoms with Crippen molar-refractivity contribution < 1.29 is 161 Å². The van der Waals surface area contributed by atoms with Gasteiger partial charge >= 0.3 is 18.3 Å². The number of carboxylic acid groups (broad SMARTS) is 1. The third-order valence-electron chi connectivity index (χ3n) is 16.1. The second-order valence-electron chi connectivity index (χ2n) is 26.1. The van der Waals surface area contributed by atoms with E-state index in [1.165, 1.54) is 0 Å². The summed E-state index contributed by atoms with van der Waals surface area (Å²) in [6.45, 7) is -8.77. The van der Waals surface area contributed by atoms with Gasteiger partial charge in [-0.1, -0.05) is 0 Å². The van der Waals surface area contributed by atoms with E-state index in [-0.39, 0.29) is 237 Å². The van der Waals surface area contributed by atoms with Crippen molar-refractivity contribution in [2.45, 2.75) is 25.2 Å². The van der Waals surface area contributed by atoms with Crippen LogP contribution in [0.3, 0.4) is 0 Å². The van der Waals surface area contributed by atoms with Crippen molar-refractivity contribution in [1.82, 2.24) is 66.2 Å². The Labute approximate surface area is 671 Å². The van der Waals surface area contributed by atoms with Crippen LogP contribution in [0.25, 0.3) is 0 Å². The Morgan fingerprint density at radius 1 is 0.328 bits per heavy atom. The fourth-order valence-corrected chi connectivity index (χ4v) is 10.2. The summed E-state index contributed by atoms with van der Waals surface area (Å²) in [7, 11) is 3.75. The van der Waals surface area contributed by atoms with E-state index in [4.69, 9.17) is 82.0 Å². The molecule has 0 aliphatic carbocycles. The molecule has 1 rings (SSSR count). The van der Waals surface area contributed by atoms with Crippen molar-refractivity contribution in [3.63, 3.8) is 0 Å². The predicted molar refractivity (Wildman–Crippen MR) is 396 cm³/mol. The van der Waals surface area contributed by atoms with Crippen LogP contribution in [0.2, 0.25) is 0 Å². The summed E-state index contributed by atoms with van der Waals surface area (Å²) in [5.41, 5.74) is -3.18. The molecular weight excluding hydrogens is 1570 g/mol. The first-order valence-electron chi connectivity index (χ1n) is 38.1. The van der Waals surface area contributed by atoms with Crippen LogP contribution in [0.15, 0.2) is 0 Å². The number of aliphatic carboxylic acids is 1. The Morgan fingerprint density at radius 2 is 0.603 bits per heavy atom. The number of nitrogens with one attached hydrogen (secondary N) is 6. The smallest absolute Gasteiger partial charge is 0.389 e. The van der Waals surface area contributed by atoms with Crippen molar-refractivity contribution in [1.29, 1.82) is 0 Å². The zero-order valence-corrected chi connectivity index (χ0v) is 66.7. The second-order valence-corrected chi connectivity index (χ2v) is 26.1. The third-order valence-corrected chi connectivity index (χ3v) is 16.1. The SMILES string of the molecule is CN1CCN(C)CCN(CC(=O)NCC(=O)NCC(COCC(=O)N(CC(=O)N(CC(=O)NCCOCCOCCOCCO)CC(=O)NCCOCCOCCOCCO)CC(=O)N(CC(=O)NCCOCCOCCOCCO)CC(=O)NCCOCCOCCOCCO)(CC(F)(F)F)CC(F)(F)F)CCN(CC(=O)O)CC1. The van der Waals surface area contributed by atoms with E-state index >= 15 is 0 Å². The van der Waals surface area contributed by atoms with Gasteiger partial charge in [-0.05, 0) is 14.1 Å². The van der Waals surface area contributed by atoms with Gasteiger partial charge in [-0.2, -0.15) is 26.3 Å². The maximum atomic E-state index is 14.7. The molecule has 1 aliphatic heterocycles. The maximum Gasteiger partial charge on any atom is 0.389 e. The number of carbonyl (C=O) groups is 10. The monoisotopic (exact) mass is 1700 g/mol. The molecule has 116 heavy (non-hydrogen) atoms. The molecule has 0 saturated carbocycles. The van der Waals surface area contributed by atoms with Crippen molar-refractivity contribution in [3.8, 4) is 0 Å². The Morgan fingerprint density at radius 3 is 0.905 bits per heavy atom. The highest BCUT2D eigenvalue weighted by Gasteiger charge is 2.50. The molecule has 47 heteroatoms. The van der Waals surface area contributed by atoms with Crippen molar-refractivity contribution in [2.75, 3.05) is 356 Å². The Hall–Kier alpha value is -6.56. The fraction of sp³-hybridized carbons (Fsp3) is 0.855. The normalized spacial score (nSPS) is 13.8. The summed E-state index contributed by atoms with van der Waals surface area (Å²) in [6, 6.07) is 0. The molecular formula is C69H125F6N13O28. The van der Waals surface area contributed by atoms with Gasteiger partial charge in [-0.15, -0.1) is 0 Å². The van der Waals surface area contributed by atoms with Gasteiger partial charge in [-0.3, -0.25) is 57.7 Å². The number of carbonyl (C=O) groups excluding carboxylic acids is 9. The lowest BCUT2D eigenvalue weighted by molar-refractivity contribution is -0.205. The Kier molecular flexibility index (Phi) is 63.2. The predicted octanol–water partition coefficient (Wildman–Crippen LogP) is -7.19. The fourth-order valence-electron chi connectivity index (χ4n) is 10.2. The zero-order valence-electron chi connectivity index (χ0n) is 66.7. The number of aliphatic hydroxyl groups is 4. The third kappa shape index (κ3) is 62.6. The van der Waals surface area contributed by atoms with Crippen LogP contribution in [0.4, 0.5) is 26.3 Å². The molecule has 676 valence electrons. The van der Waals surface area contributed by atoms with Crippen LogP contribution in [-0.2, 0) is 110 Å². The zero-order chi connectivity index (χ0) is 85.9. The molecule has 0 aromatic heterocycles. The first-order valence-corrected chi connectivity index (χ1v) is 38.1. The largest absolute Gasteiger partial charge is 0.480 e. The summed E-state index contributed by atoms with van der Waals surface area (Å²) in [5, 5.41) is 59.3. The molecule has 1 fully saturated rings. The highest BCUT2D eigenvalue weighted by molar-refractivity contribution is 5.95. The lowest BCUT2D eigenvalue weighted by atomic mass is 9.81. The highest BCUT2D eigenvalue weighted by atomic mass is 19.4. The van der Waals surface area contributed by atoms with Gasteiger partial charge in [0.15, 0.2) is 0 Å². The number of likely N-dealkylation sites (N-methyl/N-ethyl adjacent to an activating group) is 2. The summed E-state index contributed by atoms with van der Waals surface area (Å²) in [4.78, 5) is 146. The van der Waals surface area contributed by atoms with E-state index in [1.54, 1.807) is 9.80 Å². The van der Waals surface area contributed by atoms with Gasteiger partial charge in [0, 0.05) is 90.5 Å². The first kappa shape index (κ1) is 107. The van der Waals surface area contributed by atoms with Crippen LogP contribution in [0.1, 0.15) is 12.8 Å². The highest BCUT2D eigenvalue weighted by Crippen LogP contribution is 2.42. The average Bonchev–Trinajstić information content (AvgIpc) is 0.819. The maximum absolute atomic E-state index is 14.7. The first-order chi connectivity index (χ1) is 55.5. The summed E-state index contributed by atoms with van der Waals surface area (Å²) < 4.78 is 157. The number of nitrogens with zero attached hydrogens (tertiary/aromatic N) is 7. The van der Waals surface area contributed by atoms with E-state index in [9.17, 15) is 79.4 Å². The van der Waals surface area contributed by atoms with Crippen molar-refractivity contribution in [2.24, 2.45) is 5.41 Å². The minimum absolute atomic E-state index is 0.0477. The van der Waals surface area contributed by atoms with Crippen LogP contribution in [0, 0.1) is 5.41 Å². The molecule has 11 N–H and O–H groups in total. The number of halogens is 6. The number of hydrogen-bond donors (Lipinski definition) is 11. The molecule has 9 amide bonds. The van der Waals surface area contributed by atoms with Crippen molar-refractivity contribution >= 4 is 59.1 Å². The second kappa shape index (κ2) is 68.2. The van der Waals surface area contributed by atoms with Gasteiger partial charge in [0.2, 0.25) is 53.2 Å². The molecule has 41 nitrogen and oxygen atoms in total. The molecule has 0 aromatic carbocycles. The number of rotatable bonds is 70. The summed E-state index contributed by atoms with van der Waals surface area (Å²) in [6.07, 6.45) is -15.5. The van der Waals surface area contributed by atoms with Crippen LogP contribution >= 0.6 is 0 Å². The van der Waals surface area contributed by atoms with E-state index in [2.05, 4.69) is 26.6 Å². The number of aliphatic hydroxyl groups excluding tert-OH is 4. The van der Waals surface area contributed by atoms with Gasteiger partial charge in [-0.25, -0.2) is 0 Å². The molecule has 0 unspecified atom stereocenters. The number of alkyl halides is 6. The molecule has 1 aliphatic rings. The Balaban J connectivity index is 3.80. The standard InChI is InChI=1S/C69H125F6N13O28/c1-82-7-8-83(2)10-12-85(51-66(102)103)14-13-84(11-9-82)44-58(94)80-43-57(93)81-55-67(53-68(70,71)72,54-69(73,74)75)56-116-52-65(101)88(49-63(99)86(45-59(95)76-3-19-104-27-35-112-39-31-108-23-15-89)46-60(96)77-4-20-105-28-36-113-40-32-109-24-16-90)50-64(100)87(47-61(97)78-5-21-106-29-37-114-41-33-110-25-17-91)48-62(98)79-6-22-107-30-38-115-42-34-111-26-18-92/h89-92H,3-56H2,1-2H3,(H,76,95)(H,77,96)(H,78,97)(H,79,98)(H,80,94)(H,81,93)(H,102,103). The van der Waals surface area contributed by atoms with E-state index in [0.29, 0.717) is 54.0 Å². The molecule has 0 atom stereocenters. The van der Waals surface area contributed by atoms with E-state index < -0.39 is 155 Å². The molecule has 1 saturated heterocycles. The average molecular weight is 1700 g/mol. The number of carboxylic acids is 1. The minimum atomic E-state index is -5.43. The van der Waals surface area contributed by atoms with Gasteiger partial charge < -0.3 is 144 Å². The lowest BCUT2D eigenvalue weighted by Gasteiger charge is -2.35. The number of hydrogen-bond acceptors (Lipinski definition) is 31.